The lowest BCUT2D eigenvalue weighted by molar-refractivity contribution is 0.246. The molecule has 0 aliphatic rings. The van der Waals surface area contributed by atoms with Crippen molar-refractivity contribution in [2.75, 3.05) is 13.1 Å². The molecular formula is C14H31N. The van der Waals surface area contributed by atoms with Crippen LogP contribution in [0.1, 0.15) is 60.8 Å². The Balaban J connectivity index is 3.85. The largest absolute Gasteiger partial charge is 0.316 e. The van der Waals surface area contributed by atoms with Crippen LogP contribution in [-0.4, -0.2) is 13.1 Å². The van der Waals surface area contributed by atoms with Gasteiger partial charge in [-0.05, 0) is 36.6 Å². The third-order valence-corrected chi connectivity index (χ3v) is 3.28. The average Bonchev–Trinajstić information content (AvgIpc) is 2.14. The molecule has 0 aromatic heterocycles. The molecule has 1 unspecified atom stereocenters. The standard InChI is InChI=1S/C14H31N/c1-7-14(6,9-8-12(2)3)11-15-10-13(4)5/h12-13,15H,7-11H2,1-6H3. The van der Waals surface area contributed by atoms with Crippen molar-refractivity contribution in [1.82, 2.24) is 5.32 Å². The van der Waals surface area contributed by atoms with Crippen molar-refractivity contribution in [3.8, 4) is 0 Å². The van der Waals surface area contributed by atoms with Gasteiger partial charge in [0.15, 0.2) is 0 Å². The van der Waals surface area contributed by atoms with Crippen molar-refractivity contribution in [3.63, 3.8) is 0 Å². The Morgan fingerprint density at radius 3 is 2.07 bits per heavy atom. The molecule has 0 saturated carbocycles. The van der Waals surface area contributed by atoms with Gasteiger partial charge in [-0.3, -0.25) is 0 Å². The molecule has 0 saturated heterocycles. The molecule has 1 atom stereocenters. The zero-order valence-corrected chi connectivity index (χ0v) is 11.7. The minimum atomic E-state index is 0.499. The van der Waals surface area contributed by atoms with Gasteiger partial charge in [0, 0.05) is 6.54 Å². The minimum absolute atomic E-state index is 0.499. The highest BCUT2D eigenvalue weighted by Gasteiger charge is 2.21. The molecule has 1 N–H and O–H groups in total. The van der Waals surface area contributed by atoms with E-state index in [0.29, 0.717) is 5.41 Å². The second kappa shape index (κ2) is 7.27. The van der Waals surface area contributed by atoms with Gasteiger partial charge in [-0.25, -0.2) is 0 Å². The molecule has 0 aliphatic carbocycles. The first-order valence-electron chi connectivity index (χ1n) is 6.60. The van der Waals surface area contributed by atoms with Gasteiger partial charge in [0.25, 0.3) is 0 Å². The highest BCUT2D eigenvalue weighted by atomic mass is 14.9. The van der Waals surface area contributed by atoms with Gasteiger partial charge in [-0.2, -0.15) is 0 Å². The molecule has 1 nitrogen and oxygen atoms in total. The van der Waals surface area contributed by atoms with Crippen LogP contribution in [0.2, 0.25) is 0 Å². The zero-order valence-electron chi connectivity index (χ0n) is 11.7. The van der Waals surface area contributed by atoms with Crippen LogP contribution in [0, 0.1) is 17.3 Å². The van der Waals surface area contributed by atoms with Crippen LogP contribution < -0.4 is 5.32 Å². The second-order valence-corrected chi connectivity index (χ2v) is 6.12. The molecule has 15 heavy (non-hydrogen) atoms. The van der Waals surface area contributed by atoms with E-state index in [1.807, 2.05) is 0 Å². The van der Waals surface area contributed by atoms with E-state index in [4.69, 9.17) is 0 Å². The fraction of sp³-hybridized carbons (Fsp3) is 1.00. The van der Waals surface area contributed by atoms with E-state index in [9.17, 15) is 0 Å². The minimum Gasteiger partial charge on any atom is -0.316 e. The smallest absolute Gasteiger partial charge is 0.000517 e. The maximum Gasteiger partial charge on any atom is 0.000517 e. The first-order chi connectivity index (χ1) is 6.89. The van der Waals surface area contributed by atoms with E-state index in [0.717, 1.165) is 18.4 Å². The molecule has 0 amide bonds. The Kier molecular flexibility index (Phi) is 7.25. The fourth-order valence-corrected chi connectivity index (χ4v) is 1.69. The summed E-state index contributed by atoms with van der Waals surface area (Å²) in [6, 6.07) is 0. The summed E-state index contributed by atoms with van der Waals surface area (Å²) in [4.78, 5) is 0. The zero-order chi connectivity index (χ0) is 11.9. The van der Waals surface area contributed by atoms with E-state index in [1.54, 1.807) is 0 Å². The molecule has 0 rings (SSSR count). The lowest BCUT2D eigenvalue weighted by Crippen LogP contribution is -2.33. The van der Waals surface area contributed by atoms with Gasteiger partial charge in [0.1, 0.15) is 0 Å². The van der Waals surface area contributed by atoms with Gasteiger partial charge >= 0.3 is 0 Å². The van der Waals surface area contributed by atoms with E-state index in [-0.39, 0.29) is 0 Å². The van der Waals surface area contributed by atoms with Crippen molar-refractivity contribution in [1.29, 1.82) is 0 Å². The van der Waals surface area contributed by atoms with E-state index in [1.165, 1.54) is 25.8 Å². The van der Waals surface area contributed by atoms with Gasteiger partial charge in [-0.1, -0.05) is 48.0 Å². The van der Waals surface area contributed by atoms with E-state index in [2.05, 4.69) is 46.9 Å². The quantitative estimate of drug-likeness (QED) is 0.640. The molecule has 0 spiro atoms. The monoisotopic (exact) mass is 213 g/mol. The third kappa shape index (κ3) is 7.84. The Bertz CT molecular complexity index is 151. The third-order valence-electron chi connectivity index (χ3n) is 3.28. The molecule has 0 aliphatic heterocycles. The lowest BCUT2D eigenvalue weighted by atomic mass is 9.81. The molecule has 0 aromatic rings. The number of hydrogen-bond acceptors (Lipinski definition) is 1. The van der Waals surface area contributed by atoms with Crippen molar-refractivity contribution in [3.05, 3.63) is 0 Å². The summed E-state index contributed by atoms with van der Waals surface area (Å²) < 4.78 is 0. The number of nitrogens with one attached hydrogen (secondary N) is 1. The molecule has 0 bridgehead atoms. The van der Waals surface area contributed by atoms with Gasteiger partial charge in [-0.15, -0.1) is 0 Å². The van der Waals surface area contributed by atoms with Crippen LogP contribution in [0.4, 0.5) is 0 Å². The van der Waals surface area contributed by atoms with Crippen LogP contribution in [0.5, 0.6) is 0 Å². The number of rotatable bonds is 8. The van der Waals surface area contributed by atoms with E-state index < -0.39 is 0 Å². The normalized spacial score (nSPS) is 16.0. The van der Waals surface area contributed by atoms with Crippen LogP contribution >= 0.6 is 0 Å². The molecule has 92 valence electrons. The van der Waals surface area contributed by atoms with Crippen LogP contribution in [-0.2, 0) is 0 Å². The summed E-state index contributed by atoms with van der Waals surface area (Å²) in [5.41, 5.74) is 0.499. The number of hydrogen-bond donors (Lipinski definition) is 1. The topological polar surface area (TPSA) is 12.0 Å². The van der Waals surface area contributed by atoms with Gasteiger partial charge in [0.2, 0.25) is 0 Å². The molecule has 0 fully saturated rings. The van der Waals surface area contributed by atoms with Crippen LogP contribution in [0.25, 0.3) is 0 Å². The first-order valence-corrected chi connectivity index (χ1v) is 6.60. The molecule has 0 heterocycles. The Labute approximate surface area is 97.0 Å². The van der Waals surface area contributed by atoms with Crippen molar-refractivity contribution < 1.29 is 0 Å². The summed E-state index contributed by atoms with van der Waals surface area (Å²) >= 11 is 0. The summed E-state index contributed by atoms with van der Waals surface area (Å²) in [6.45, 7) is 16.2. The maximum absolute atomic E-state index is 3.60. The van der Waals surface area contributed by atoms with Crippen molar-refractivity contribution in [2.45, 2.75) is 60.8 Å². The molecule has 0 aromatic carbocycles. The summed E-state index contributed by atoms with van der Waals surface area (Å²) in [5, 5.41) is 3.60. The van der Waals surface area contributed by atoms with Gasteiger partial charge in [0.05, 0.1) is 0 Å². The van der Waals surface area contributed by atoms with Crippen LogP contribution in [0.15, 0.2) is 0 Å². The summed E-state index contributed by atoms with van der Waals surface area (Å²) in [7, 11) is 0. The lowest BCUT2D eigenvalue weighted by Gasteiger charge is -2.30. The summed E-state index contributed by atoms with van der Waals surface area (Å²) in [5.74, 6) is 1.59. The second-order valence-electron chi connectivity index (χ2n) is 6.12. The Hall–Kier alpha value is -0.0400. The van der Waals surface area contributed by atoms with E-state index >= 15 is 0 Å². The molecule has 0 radical (unpaired) electrons. The summed E-state index contributed by atoms with van der Waals surface area (Å²) in [6.07, 6.45) is 3.99. The van der Waals surface area contributed by atoms with Gasteiger partial charge < -0.3 is 5.32 Å². The SMILES string of the molecule is CCC(C)(CCC(C)C)CNCC(C)C. The molecule has 1 heteroatoms. The Morgan fingerprint density at radius 2 is 1.67 bits per heavy atom. The Morgan fingerprint density at radius 1 is 1.07 bits per heavy atom. The first kappa shape index (κ1) is 15.0. The predicted octanol–water partition coefficient (Wildman–Crippen LogP) is 4.08. The highest BCUT2D eigenvalue weighted by molar-refractivity contribution is 4.76. The predicted molar refractivity (Wildman–Crippen MR) is 70.2 cm³/mol. The maximum atomic E-state index is 3.60. The van der Waals surface area contributed by atoms with Crippen molar-refractivity contribution >= 4 is 0 Å². The molecular weight excluding hydrogens is 182 g/mol. The van der Waals surface area contributed by atoms with Crippen LogP contribution in [0.3, 0.4) is 0 Å². The van der Waals surface area contributed by atoms with Crippen molar-refractivity contribution in [2.24, 2.45) is 17.3 Å². The fourth-order valence-electron chi connectivity index (χ4n) is 1.69. The highest BCUT2D eigenvalue weighted by Crippen LogP contribution is 2.28. The average molecular weight is 213 g/mol.